The van der Waals surface area contributed by atoms with Gasteiger partial charge in [-0.3, -0.25) is 9.36 Å². The topological polar surface area (TPSA) is 61.8 Å². The normalized spacial score (nSPS) is 13.0. The summed E-state index contributed by atoms with van der Waals surface area (Å²) < 4.78 is 28.2. The fourth-order valence-corrected chi connectivity index (χ4v) is 3.93. The third kappa shape index (κ3) is 3.92. The molecular formula is C14H21O5P. The van der Waals surface area contributed by atoms with Crippen molar-refractivity contribution in [2.75, 3.05) is 20.3 Å². The molecule has 1 rings (SSSR count). The largest absolute Gasteiger partial charge is 0.468 e. The second kappa shape index (κ2) is 7.58. The number of ether oxygens (including phenoxy) is 1. The summed E-state index contributed by atoms with van der Waals surface area (Å²) >= 11 is 0. The Hall–Kier alpha value is -1.16. The first-order valence-electron chi connectivity index (χ1n) is 6.51. The van der Waals surface area contributed by atoms with Gasteiger partial charge in [-0.2, -0.15) is 0 Å². The maximum Gasteiger partial charge on any atom is 0.349 e. The molecule has 0 aliphatic rings. The van der Waals surface area contributed by atoms with Crippen LogP contribution in [0.2, 0.25) is 0 Å². The molecule has 1 atom stereocenters. The Balaban J connectivity index is 3.30. The van der Waals surface area contributed by atoms with Crippen molar-refractivity contribution in [3.05, 3.63) is 35.4 Å². The van der Waals surface area contributed by atoms with Crippen LogP contribution in [0.1, 0.15) is 30.6 Å². The number of hydrogen-bond acceptors (Lipinski definition) is 5. The van der Waals surface area contributed by atoms with Crippen molar-refractivity contribution >= 4 is 13.6 Å². The van der Waals surface area contributed by atoms with Crippen molar-refractivity contribution in [1.82, 2.24) is 0 Å². The van der Waals surface area contributed by atoms with Crippen LogP contribution in [0.4, 0.5) is 0 Å². The monoisotopic (exact) mass is 300 g/mol. The molecule has 0 radical (unpaired) electrons. The summed E-state index contributed by atoms with van der Waals surface area (Å²) in [5.41, 5.74) is 0.463. The van der Waals surface area contributed by atoms with Crippen LogP contribution < -0.4 is 0 Å². The van der Waals surface area contributed by atoms with Crippen molar-refractivity contribution in [1.29, 1.82) is 0 Å². The van der Waals surface area contributed by atoms with Gasteiger partial charge < -0.3 is 13.8 Å². The van der Waals surface area contributed by atoms with Gasteiger partial charge in [-0.1, -0.05) is 29.8 Å². The zero-order valence-electron chi connectivity index (χ0n) is 12.3. The molecule has 0 unspecified atom stereocenters. The molecule has 20 heavy (non-hydrogen) atoms. The van der Waals surface area contributed by atoms with Crippen LogP contribution in [0.5, 0.6) is 0 Å². The number of aryl methyl sites for hydroxylation is 1. The number of methoxy groups -OCH3 is 1. The fourth-order valence-electron chi connectivity index (χ4n) is 1.95. The van der Waals surface area contributed by atoms with Crippen molar-refractivity contribution in [3.63, 3.8) is 0 Å². The number of rotatable bonds is 7. The van der Waals surface area contributed by atoms with E-state index in [0.29, 0.717) is 5.56 Å². The summed E-state index contributed by atoms with van der Waals surface area (Å²) in [7, 11) is -2.36. The van der Waals surface area contributed by atoms with Crippen molar-refractivity contribution in [2.45, 2.75) is 26.4 Å². The zero-order valence-corrected chi connectivity index (χ0v) is 13.2. The van der Waals surface area contributed by atoms with E-state index in [0.717, 1.165) is 5.56 Å². The van der Waals surface area contributed by atoms with Gasteiger partial charge in [-0.25, -0.2) is 0 Å². The van der Waals surface area contributed by atoms with E-state index in [4.69, 9.17) is 13.8 Å². The van der Waals surface area contributed by atoms with E-state index in [-0.39, 0.29) is 13.2 Å². The number of carbonyl (C=O) groups excluding carboxylic acids is 1. The minimum atomic E-state index is -3.62. The first-order chi connectivity index (χ1) is 9.48. The van der Waals surface area contributed by atoms with Gasteiger partial charge in [0.25, 0.3) is 0 Å². The molecule has 0 saturated carbocycles. The smallest absolute Gasteiger partial charge is 0.349 e. The highest BCUT2D eigenvalue weighted by molar-refractivity contribution is 7.55. The molecule has 1 aromatic rings. The molecule has 0 N–H and O–H groups in total. The number of esters is 1. The Morgan fingerprint density at radius 1 is 1.25 bits per heavy atom. The molecule has 0 aromatic heterocycles. The molecule has 0 aliphatic heterocycles. The lowest BCUT2D eigenvalue weighted by Crippen LogP contribution is -2.18. The zero-order chi connectivity index (χ0) is 15.2. The average Bonchev–Trinajstić information content (AvgIpc) is 2.39. The Morgan fingerprint density at radius 2 is 1.85 bits per heavy atom. The molecule has 0 amide bonds. The third-order valence-corrected chi connectivity index (χ3v) is 5.09. The van der Waals surface area contributed by atoms with Crippen LogP contribution in [0.15, 0.2) is 24.3 Å². The van der Waals surface area contributed by atoms with Crippen LogP contribution >= 0.6 is 7.60 Å². The van der Waals surface area contributed by atoms with Crippen LogP contribution in [0, 0.1) is 6.92 Å². The van der Waals surface area contributed by atoms with Gasteiger partial charge in [0.15, 0.2) is 5.66 Å². The van der Waals surface area contributed by atoms with Crippen LogP contribution in [-0.4, -0.2) is 26.3 Å². The standard InChI is InChI=1S/C14H21O5P/c1-5-18-20(16,19-6-2)13(14(15)17-4)12-9-7-8-11(3)10-12/h7-10,13H,5-6H2,1-4H3/t13-/m1/s1. The lowest BCUT2D eigenvalue weighted by atomic mass is 10.1. The minimum Gasteiger partial charge on any atom is -0.468 e. The molecule has 0 bridgehead atoms. The molecule has 0 heterocycles. The summed E-state index contributed by atoms with van der Waals surface area (Å²) in [6.45, 7) is 5.68. The second-order valence-electron chi connectivity index (χ2n) is 4.22. The summed E-state index contributed by atoms with van der Waals surface area (Å²) in [6, 6.07) is 7.19. The molecule has 1 aromatic carbocycles. The maximum absolute atomic E-state index is 12.9. The fraction of sp³-hybridized carbons (Fsp3) is 0.500. The van der Waals surface area contributed by atoms with Crippen LogP contribution in [0.3, 0.4) is 0 Å². The Labute approximate surface area is 119 Å². The van der Waals surface area contributed by atoms with E-state index in [1.165, 1.54) is 7.11 Å². The first-order valence-corrected chi connectivity index (χ1v) is 8.12. The van der Waals surface area contributed by atoms with Gasteiger partial charge in [0.2, 0.25) is 0 Å². The van der Waals surface area contributed by atoms with Crippen LogP contribution in [0.25, 0.3) is 0 Å². The van der Waals surface area contributed by atoms with E-state index < -0.39 is 19.2 Å². The van der Waals surface area contributed by atoms with Crippen molar-refractivity contribution < 1.29 is 23.1 Å². The minimum absolute atomic E-state index is 0.191. The molecular weight excluding hydrogens is 279 g/mol. The summed E-state index contributed by atoms with van der Waals surface area (Å²) in [5, 5.41) is 0. The molecule has 112 valence electrons. The van der Waals surface area contributed by atoms with Crippen LogP contribution in [-0.2, 0) is 23.1 Å². The second-order valence-corrected chi connectivity index (χ2v) is 6.33. The van der Waals surface area contributed by atoms with E-state index in [2.05, 4.69) is 0 Å². The number of carbonyl (C=O) groups is 1. The third-order valence-electron chi connectivity index (χ3n) is 2.72. The van der Waals surface area contributed by atoms with Gasteiger partial charge in [-0.05, 0) is 26.3 Å². The first kappa shape index (κ1) is 16.9. The van der Waals surface area contributed by atoms with Crippen molar-refractivity contribution in [2.24, 2.45) is 0 Å². The van der Waals surface area contributed by atoms with Gasteiger partial charge in [-0.15, -0.1) is 0 Å². The Morgan fingerprint density at radius 3 is 2.30 bits per heavy atom. The molecule has 0 spiro atoms. The predicted octanol–water partition coefficient (Wildman–Crippen LogP) is 3.48. The Bertz CT molecular complexity index is 490. The van der Waals surface area contributed by atoms with Gasteiger partial charge in [0, 0.05) is 0 Å². The molecule has 0 aliphatic carbocycles. The van der Waals surface area contributed by atoms with Crippen molar-refractivity contribution in [3.8, 4) is 0 Å². The number of benzene rings is 1. The van der Waals surface area contributed by atoms with Gasteiger partial charge in [0.1, 0.15) is 0 Å². The molecule has 0 saturated heterocycles. The quantitative estimate of drug-likeness (QED) is 0.570. The summed E-state index contributed by atoms with van der Waals surface area (Å²) in [6.07, 6.45) is 0. The van der Waals surface area contributed by atoms with E-state index in [1.54, 1.807) is 32.0 Å². The lowest BCUT2D eigenvalue weighted by molar-refractivity contribution is -0.140. The molecule has 6 heteroatoms. The van der Waals surface area contributed by atoms with E-state index in [9.17, 15) is 9.36 Å². The summed E-state index contributed by atoms with van der Waals surface area (Å²) in [5.74, 6) is -0.624. The average molecular weight is 300 g/mol. The highest BCUT2D eigenvalue weighted by Gasteiger charge is 2.43. The van der Waals surface area contributed by atoms with Gasteiger partial charge in [0.05, 0.1) is 20.3 Å². The van der Waals surface area contributed by atoms with E-state index >= 15 is 0 Å². The maximum atomic E-state index is 12.9. The molecule has 0 fully saturated rings. The highest BCUT2D eigenvalue weighted by atomic mass is 31.2. The Kier molecular flexibility index (Phi) is 6.40. The highest BCUT2D eigenvalue weighted by Crippen LogP contribution is 2.61. The summed E-state index contributed by atoms with van der Waals surface area (Å²) in [4.78, 5) is 12.1. The SMILES string of the molecule is CCOP(=O)(OCC)[C@@H](C(=O)OC)c1cccc(C)c1. The predicted molar refractivity (Wildman–Crippen MR) is 76.8 cm³/mol. The van der Waals surface area contributed by atoms with Gasteiger partial charge >= 0.3 is 13.6 Å². The number of hydrogen-bond donors (Lipinski definition) is 0. The van der Waals surface area contributed by atoms with E-state index in [1.807, 2.05) is 13.0 Å². The lowest BCUT2D eigenvalue weighted by Gasteiger charge is -2.24. The molecule has 5 nitrogen and oxygen atoms in total.